The molecule has 1 aromatic rings. The Hall–Kier alpha value is -2.44. The van der Waals surface area contributed by atoms with E-state index >= 15 is 0 Å². The van der Waals surface area contributed by atoms with E-state index in [2.05, 4.69) is 10.1 Å². The Labute approximate surface area is 116 Å². The third-order valence-corrected chi connectivity index (χ3v) is 2.99. The van der Waals surface area contributed by atoms with E-state index in [-0.39, 0.29) is 6.03 Å². The maximum absolute atomic E-state index is 11.3. The minimum Gasteiger partial charge on any atom is -0.490 e. The number of carbonyl (C=O) groups excluding carboxylic acids is 2. The van der Waals surface area contributed by atoms with Gasteiger partial charge in [-0.05, 0) is 18.2 Å². The van der Waals surface area contributed by atoms with Crippen molar-refractivity contribution in [2.45, 2.75) is 0 Å². The maximum atomic E-state index is 11.3. The molecular formula is C13H17N3O4. The lowest BCUT2D eigenvalue weighted by Gasteiger charge is -2.15. The van der Waals surface area contributed by atoms with Gasteiger partial charge in [-0.15, -0.1) is 0 Å². The van der Waals surface area contributed by atoms with Gasteiger partial charge in [-0.2, -0.15) is 0 Å². The van der Waals surface area contributed by atoms with Crippen molar-refractivity contribution >= 4 is 17.7 Å². The predicted molar refractivity (Wildman–Crippen MR) is 72.7 cm³/mol. The second-order valence-corrected chi connectivity index (χ2v) is 4.31. The fourth-order valence-electron chi connectivity index (χ4n) is 1.92. The first kappa shape index (κ1) is 14.0. The van der Waals surface area contributed by atoms with Crippen molar-refractivity contribution < 1.29 is 19.1 Å². The van der Waals surface area contributed by atoms with Crippen LogP contribution in [0.15, 0.2) is 18.2 Å². The molecule has 108 valence electrons. The van der Waals surface area contributed by atoms with Crippen molar-refractivity contribution in [3.05, 3.63) is 23.8 Å². The molecule has 2 amide bonds. The van der Waals surface area contributed by atoms with Crippen LogP contribution in [0.1, 0.15) is 10.4 Å². The summed E-state index contributed by atoms with van der Waals surface area (Å²) < 4.78 is 10.1. The van der Waals surface area contributed by atoms with Crippen LogP contribution in [0.2, 0.25) is 0 Å². The van der Waals surface area contributed by atoms with Crippen LogP contribution >= 0.6 is 0 Å². The molecule has 0 saturated carbocycles. The molecule has 1 aliphatic rings. The van der Waals surface area contributed by atoms with Crippen LogP contribution < -0.4 is 15.8 Å². The number of nitrogens with two attached hydrogens (primary N) is 1. The van der Waals surface area contributed by atoms with Gasteiger partial charge in [0.15, 0.2) is 0 Å². The van der Waals surface area contributed by atoms with E-state index in [0.29, 0.717) is 43.2 Å². The van der Waals surface area contributed by atoms with E-state index < -0.39 is 5.97 Å². The SMILES string of the molecule is COC(=O)c1ccc(OCCN2CCNC2=O)c(N)c1. The third kappa shape index (κ3) is 3.11. The molecule has 1 aromatic carbocycles. The number of nitrogen functional groups attached to an aromatic ring is 1. The zero-order valence-corrected chi connectivity index (χ0v) is 11.2. The number of rotatable bonds is 5. The Bertz CT molecular complexity index is 518. The van der Waals surface area contributed by atoms with Crippen molar-refractivity contribution in [1.82, 2.24) is 10.2 Å². The van der Waals surface area contributed by atoms with Crippen molar-refractivity contribution in [3.8, 4) is 5.75 Å². The van der Waals surface area contributed by atoms with Gasteiger partial charge in [-0.1, -0.05) is 0 Å². The monoisotopic (exact) mass is 279 g/mol. The Kier molecular flexibility index (Phi) is 4.29. The summed E-state index contributed by atoms with van der Waals surface area (Å²) >= 11 is 0. The summed E-state index contributed by atoms with van der Waals surface area (Å²) in [5, 5.41) is 2.71. The summed E-state index contributed by atoms with van der Waals surface area (Å²) in [5.41, 5.74) is 6.54. The lowest BCUT2D eigenvalue weighted by atomic mass is 10.2. The zero-order chi connectivity index (χ0) is 14.5. The molecule has 1 aliphatic heterocycles. The van der Waals surface area contributed by atoms with E-state index in [1.165, 1.54) is 13.2 Å². The second-order valence-electron chi connectivity index (χ2n) is 4.31. The molecule has 0 radical (unpaired) electrons. The van der Waals surface area contributed by atoms with Gasteiger partial charge in [0.05, 0.1) is 24.9 Å². The number of hydrogen-bond acceptors (Lipinski definition) is 5. The molecule has 0 spiro atoms. The Morgan fingerprint density at radius 1 is 1.50 bits per heavy atom. The lowest BCUT2D eigenvalue weighted by Crippen LogP contribution is -2.31. The number of carbonyl (C=O) groups is 2. The van der Waals surface area contributed by atoms with E-state index in [0.717, 1.165) is 0 Å². The molecule has 0 bridgehead atoms. The van der Waals surface area contributed by atoms with Crippen LogP contribution in [0.4, 0.5) is 10.5 Å². The van der Waals surface area contributed by atoms with Gasteiger partial charge in [0.25, 0.3) is 0 Å². The van der Waals surface area contributed by atoms with Crippen LogP contribution in [0.3, 0.4) is 0 Å². The van der Waals surface area contributed by atoms with Crippen LogP contribution in [0, 0.1) is 0 Å². The third-order valence-electron chi connectivity index (χ3n) is 2.99. The zero-order valence-electron chi connectivity index (χ0n) is 11.2. The number of nitrogens with zero attached hydrogens (tertiary/aromatic N) is 1. The van der Waals surface area contributed by atoms with Crippen LogP contribution in [0.5, 0.6) is 5.75 Å². The van der Waals surface area contributed by atoms with Gasteiger partial charge in [0, 0.05) is 13.1 Å². The van der Waals surface area contributed by atoms with E-state index in [9.17, 15) is 9.59 Å². The molecule has 7 heteroatoms. The lowest BCUT2D eigenvalue weighted by molar-refractivity contribution is 0.0600. The van der Waals surface area contributed by atoms with E-state index in [1.54, 1.807) is 17.0 Å². The van der Waals surface area contributed by atoms with Crippen LogP contribution in [-0.4, -0.2) is 50.3 Å². The van der Waals surface area contributed by atoms with Gasteiger partial charge in [0.1, 0.15) is 12.4 Å². The molecule has 0 aromatic heterocycles. The minimum absolute atomic E-state index is 0.0809. The molecule has 20 heavy (non-hydrogen) atoms. The van der Waals surface area contributed by atoms with Crippen LogP contribution in [0.25, 0.3) is 0 Å². The standard InChI is InChI=1S/C13H17N3O4/c1-19-12(17)9-2-3-11(10(14)8-9)20-7-6-16-5-4-15-13(16)18/h2-3,8H,4-7,14H2,1H3,(H,15,18). The van der Waals surface area contributed by atoms with Crippen molar-refractivity contribution in [2.75, 3.05) is 39.1 Å². The highest BCUT2D eigenvalue weighted by Crippen LogP contribution is 2.22. The number of methoxy groups -OCH3 is 1. The minimum atomic E-state index is -0.447. The molecule has 0 atom stereocenters. The number of amides is 2. The number of ether oxygens (including phenoxy) is 2. The molecule has 2 rings (SSSR count). The predicted octanol–water partition coefficient (Wildman–Crippen LogP) is 0.459. The van der Waals surface area contributed by atoms with Crippen molar-refractivity contribution in [2.24, 2.45) is 0 Å². The van der Waals surface area contributed by atoms with Crippen molar-refractivity contribution in [1.29, 1.82) is 0 Å². The average molecular weight is 279 g/mol. The topological polar surface area (TPSA) is 93.9 Å². The smallest absolute Gasteiger partial charge is 0.337 e. The van der Waals surface area contributed by atoms with Gasteiger partial charge in [-0.25, -0.2) is 9.59 Å². The first-order valence-corrected chi connectivity index (χ1v) is 6.25. The second kappa shape index (κ2) is 6.14. The van der Waals surface area contributed by atoms with Crippen molar-refractivity contribution in [3.63, 3.8) is 0 Å². The van der Waals surface area contributed by atoms with Gasteiger partial charge < -0.3 is 25.4 Å². The summed E-state index contributed by atoms with van der Waals surface area (Å²) in [6.07, 6.45) is 0. The first-order chi connectivity index (χ1) is 9.61. The highest BCUT2D eigenvalue weighted by Gasteiger charge is 2.18. The summed E-state index contributed by atoms with van der Waals surface area (Å²) in [4.78, 5) is 24.3. The molecule has 1 heterocycles. The number of esters is 1. The number of benzene rings is 1. The van der Waals surface area contributed by atoms with E-state index in [1.807, 2.05) is 0 Å². The van der Waals surface area contributed by atoms with Crippen LogP contribution in [-0.2, 0) is 4.74 Å². The van der Waals surface area contributed by atoms with Gasteiger partial charge in [-0.3, -0.25) is 0 Å². The number of anilines is 1. The Balaban J connectivity index is 1.90. The molecule has 0 unspecified atom stereocenters. The van der Waals surface area contributed by atoms with E-state index in [4.69, 9.17) is 10.5 Å². The normalized spacial score (nSPS) is 14.1. The number of nitrogens with one attached hydrogen (secondary N) is 1. The summed E-state index contributed by atoms with van der Waals surface area (Å²) in [5.74, 6) is 0.0363. The highest BCUT2D eigenvalue weighted by atomic mass is 16.5. The highest BCUT2D eigenvalue weighted by molar-refractivity contribution is 5.90. The molecule has 3 N–H and O–H groups in total. The summed E-state index contributed by atoms with van der Waals surface area (Å²) in [6, 6.07) is 4.62. The fraction of sp³-hybridized carbons (Fsp3) is 0.385. The molecule has 0 aliphatic carbocycles. The first-order valence-electron chi connectivity index (χ1n) is 6.25. The Morgan fingerprint density at radius 2 is 2.30 bits per heavy atom. The number of urea groups is 1. The summed E-state index contributed by atoms with van der Waals surface area (Å²) in [7, 11) is 1.31. The fourth-order valence-corrected chi connectivity index (χ4v) is 1.92. The molecule has 1 fully saturated rings. The number of hydrogen-bond donors (Lipinski definition) is 2. The largest absolute Gasteiger partial charge is 0.490 e. The summed E-state index contributed by atoms with van der Waals surface area (Å²) in [6.45, 7) is 2.17. The molecule has 1 saturated heterocycles. The maximum Gasteiger partial charge on any atom is 0.337 e. The van der Waals surface area contributed by atoms with Gasteiger partial charge >= 0.3 is 12.0 Å². The quantitative estimate of drug-likeness (QED) is 0.603. The average Bonchev–Trinajstić information content (AvgIpc) is 2.85. The Morgan fingerprint density at radius 3 is 2.90 bits per heavy atom. The van der Waals surface area contributed by atoms with Gasteiger partial charge in [0.2, 0.25) is 0 Å². The molecular weight excluding hydrogens is 262 g/mol. The molecule has 7 nitrogen and oxygen atoms in total.